The van der Waals surface area contributed by atoms with Crippen LogP contribution in [0.2, 0.25) is 10.2 Å². The molecular formula is C38H34Cl2FN3O3. The highest BCUT2D eigenvalue weighted by Gasteiger charge is 2.84. The Morgan fingerprint density at radius 3 is 2.40 bits per heavy atom. The number of halogens is 3. The van der Waals surface area contributed by atoms with Gasteiger partial charge in [0.25, 0.3) is 0 Å². The summed E-state index contributed by atoms with van der Waals surface area (Å²) < 4.78 is 30.4. The molecule has 9 heteroatoms. The Balaban J connectivity index is 1.40. The molecule has 2 unspecified atom stereocenters. The largest absolute Gasteiger partial charge is 0.454 e. The molecule has 3 aromatic carbocycles. The number of carbonyl (C=O) groups is 1. The molecule has 6 nitrogen and oxygen atoms in total. The molecule has 240 valence electrons. The van der Waals surface area contributed by atoms with Crippen LogP contribution in [-0.2, 0) is 19.7 Å². The van der Waals surface area contributed by atoms with Crippen molar-refractivity contribution in [3.8, 4) is 0 Å². The van der Waals surface area contributed by atoms with E-state index in [0.29, 0.717) is 10.7 Å². The van der Waals surface area contributed by atoms with Crippen molar-refractivity contribution in [1.29, 1.82) is 0 Å². The van der Waals surface area contributed by atoms with Crippen LogP contribution in [0.5, 0.6) is 0 Å². The fourth-order valence-corrected chi connectivity index (χ4v) is 10.4. The van der Waals surface area contributed by atoms with E-state index in [1.54, 1.807) is 18.2 Å². The number of hydrogen-bond donors (Lipinski definition) is 1. The topological polar surface area (TPSA) is 63.7 Å². The lowest BCUT2D eigenvalue weighted by Crippen LogP contribution is -2.66. The summed E-state index contributed by atoms with van der Waals surface area (Å²) in [7, 11) is 0. The predicted molar refractivity (Wildman–Crippen MR) is 178 cm³/mol. The van der Waals surface area contributed by atoms with Gasteiger partial charge in [0.2, 0.25) is 0 Å². The van der Waals surface area contributed by atoms with Crippen LogP contribution in [0, 0.1) is 11.2 Å². The van der Waals surface area contributed by atoms with E-state index in [2.05, 4.69) is 41.2 Å². The number of rotatable bonds is 3. The van der Waals surface area contributed by atoms with E-state index in [1.165, 1.54) is 0 Å². The number of nitrogens with one attached hydrogen (secondary N) is 1. The van der Waals surface area contributed by atoms with Crippen LogP contribution in [0.1, 0.15) is 73.4 Å². The summed E-state index contributed by atoms with van der Waals surface area (Å²) in [6, 6.07) is 25.8. The Kier molecular flexibility index (Phi) is 6.47. The van der Waals surface area contributed by atoms with E-state index in [1.807, 2.05) is 60.8 Å². The molecular weight excluding hydrogens is 636 g/mol. The number of benzene rings is 3. The van der Waals surface area contributed by atoms with Gasteiger partial charge in [0.15, 0.2) is 0 Å². The lowest BCUT2D eigenvalue weighted by atomic mass is 9.53. The summed E-state index contributed by atoms with van der Waals surface area (Å²) in [4.78, 5) is 21.9. The molecule has 47 heavy (non-hydrogen) atoms. The third-order valence-corrected chi connectivity index (χ3v) is 12.2. The highest BCUT2D eigenvalue weighted by Crippen LogP contribution is 2.75. The van der Waals surface area contributed by atoms with E-state index in [-0.39, 0.29) is 28.6 Å². The fourth-order valence-electron chi connectivity index (χ4n) is 10.0. The smallest absolute Gasteiger partial charge is 0.324 e. The number of morpholine rings is 1. The summed E-state index contributed by atoms with van der Waals surface area (Å²) in [6.45, 7) is 4.55. The number of aromatic nitrogens is 1. The molecule has 5 heterocycles. The first-order valence-electron chi connectivity index (χ1n) is 16.3. The van der Waals surface area contributed by atoms with Gasteiger partial charge in [-0.15, -0.1) is 0 Å². The fraction of sp³-hybridized carbons (Fsp3) is 0.368. The number of pyridine rings is 1. The highest BCUT2D eigenvalue weighted by atomic mass is 35.5. The van der Waals surface area contributed by atoms with Gasteiger partial charge in [-0.25, -0.2) is 9.37 Å². The molecule has 3 saturated heterocycles. The van der Waals surface area contributed by atoms with Crippen LogP contribution < -0.4 is 5.32 Å². The van der Waals surface area contributed by atoms with Crippen molar-refractivity contribution in [3.05, 3.63) is 129 Å². The normalized spacial score (nSPS) is 34.8. The third kappa shape index (κ3) is 3.86. The van der Waals surface area contributed by atoms with Crippen LogP contribution in [0.15, 0.2) is 91.1 Å². The first-order chi connectivity index (χ1) is 22.7. The zero-order valence-electron chi connectivity index (χ0n) is 26.0. The lowest BCUT2D eigenvalue weighted by molar-refractivity contribution is -0.189. The van der Waals surface area contributed by atoms with Crippen molar-refractivity contribution in [3.63, 3.8) is 0 Å². The highest BCUT2D eigenvalue weighted by molar-refractivity contribution is 6.30. The van der Waals surface area contributed by atoms with Gasteiger partial charge in [0, 0.05) is 23.4 Å². The molecule has 0 amide bonds. The van der Waals surface area contributed by atoms with Crippen molar-refractivity contribution in [2.75, 3.05) is 5.32 Å². The summed E-state index contributed by atoms with van der Waals surface area (Å²) in [5.41, 5.74) is 2.25. The zero-order chi connectivity index (χ0) is 32.3. The molecule has 0 radical (unpaired) electrons. The minimum absolute atomic E-state index is 0.00884. The Hall–Kier alpha value is -3.49. The SMILES string of the molecule is CC1(C)CCC23C(C1)O[C@@H]1Nc4cc(Cl)ncc4[C@]12[C@@H](c1cccc(Cl)c1F)[C@@H]1C(=O)O[C@@H](c2ccccc2)[C@@H](c2ccccc2)N13. The molecule has 9 rings (SSSR count). The number of ether oxygens (including phenoxy) is 2. The van der Waals surface area contributed by atoms with Gasteiger partial charge in [-0.05, 0) is 53.5 Å². The maximum absolute atomic E-state index is 16.6. The predicted octanol–water partition coefficient (Wildman–Crippen LogP) is 8.37. The molecule has 1 N–H and O–H groups in total. The van der Waals surface area contributed by atoms with Crippen molar-refractivity contribution in [2.24, 2.45) is 5.41 Å². The monoisotopic (exact) mass is 669 g/mol. The number of carbonyl (C=O) groups excluding carboxylic acids is 1. The van der Waals surface area contributed by atoms with Crippen LogP contribution in [0.25, 0.3) is 0 Å². The van der Waals surface area contributed by atoms with Crippen LogP contribution in [-0.4, -0.2) is 39.8 Å². The first-order valence-corrected chi connectivity index (χ1v) is 17.0. The number of fused-ring (bicyclic) bond motifs is 2. The molecule has 8 atom stereocenters. The molecule has 4 aliphatic heterocycles. The molecule has 0 bridgehead atoms. The van der Waals surface area contributed by atoms with Gasteiger partial charge in [0.05, 0.1) is 28.1 Å². The van der Waals surface area contributed by atoms with Crippen LogP contribution in [0.3, 0.4) is 0 Å². The van der Waals surface area contributed by atoms with E-state index in [0.717, 1.165) is 41.6 Å². The van der Waals surface area contributed by atoms with Gasteiger partial charge in [-0.1, -0.05) is 110 Å². The number of anilines is 1. The maximum atomic E-state index is 16.6. The summed E-state index contributed by atoms with van der Waals surface area (Å²) in [5, 5.41) is 4.00. The number of hydrogen-bond acceptors (Lipinski definition) is 6. The Bertz CT molecular complexity index is 1910. The first kappa shape index (κ1) is 29.6. The minimum atomic E-state index is -0.936. The van der Waals surface area contributed by atoms with Gasteiger partial charge >= 0.3 is 5.97 Å². The van der Waals surface area contributed by atoms with Gasteiger partial charge in [0.1, 0.15) is 29.3 Å². The van der Waals surface area contributed by atoms with E-state index in [9.17, 15) is 4.79 Å². The third-order valence-electron chi connectivity index (χ3n) is 11.7. The number of nitrogens with zero attached hydrogens (tertiary/aromatic N) is 2. The Morgan fingerprint density at radius 2 is 1.66 bits per heavy atom. The molecule has 2 spiro atoms. The Labute approximate surface area is 283 Å². The summed E-state index contributed by atoms with van der Waals surface area (Å²) in [5.74, 6) is -1.63. The standard InChI is InChI=1S/C38H34Cl2FN3O3/c1-36(2)16-17-37-27(19-36)46-35-38(37,24-20-42-28(40)18-26(24)43-35)29(23-14-9-15-25(39)30(23)41)32-34(45)47-33(22-12-7-4-8-13-22)31(44(32)37)21-10-5-3-6-11-21/h3-15,18,20,27,29,31-33,35,43H,16-17,19H2,1-2H3/t27?,29-,31+,32+,33-,35-,37?,38-/m0/s1. The molecule has 1 aromatic heterocycles. The van der Waals surface area contributed by atoms with Crippen molar-refractivity contribution >= 4 is 34.9 Å². The Morgan fingerprint density at radius 1 is 0.936 bits per heavy atom. The van der Waals surface area contributed by atoms with E-state index in [4.69, 9.17) is 32.7 Å². The average Bonchev–Trinajstić information content (AvgIpc) is 3.61. The second-order valence-electron chi connectivity index (χ2n) is 14.5. The number of cyclic esters (lactones) is 1. The maximum Gasteiger partial charge on any atom is 0.324 e. The zero-order valence-corrected chi connectivity index (χ0v) is 27.5. The molecule has 1 saturated carbocycles. The molecule has 5 aliphatic rings. The van der Waals surface area contributed by atoms with E-state index >= 15 is 4.39 Å². The van der Waals surface area contributed by atoms with Crippen molar-refractivity contribution < 1.29 is 18.7 Å². The van der Waals surface area contributed by atoms with E-state index < -0.39 is 41.1 Å². The van der Waals surface area contributed by atoms with Crippen molar-refractivity contribution in [1.82, 2.24) is 9.88 Å². The van der Waals surface area contributed by atoms with Gasteiger partial charge in [-0.2, -0.15) is 0 Å². The quantitative estimate of drug-likeness (QED) is 0.175. The van der Waals surface area contributed by atoms with Gasteiger partial charge < -0.3 is 14.8 Å². The second-order valence-corrected chi connectivity index (χ2v) is 15.3. The lowest BCUT2D eigenvalue weighted by Gasteiger charge is -2.57. The molecule has 4 aromatic rings. The van der Waals surface area contributed by atoms with Crippen LogP contribution in [0.4, 0.5) is 10.1 Å². The molecule has 4 fully saturated rings. The number of esters is 1. The summed E-state index contributed by atoms with van der Waals surface area (Å²) in [6.07, 6.45) is 2.72. The minimum Gasteiger partial charge on any atom is -0.454 e. The average molecular weight is 671 g/mol. The van der Waals surface area contributed by atoms with Crippen molar-refractivity contribution in [2.45, 2.75) is 80.5 Å². The van der Waals surface area contributed by atoms with Gasteiger partial charge in [-0.3, -0.25) is 9.69 Å². The summed E-state index contributed by atoms with van der Waals surface area (Å²) >= 11 is 13.0. The van der Waals surface area contributed by atoms with Crippen LogP contribution >= 0.6 is 23.2 Å². The second kappa shape index (κ2) is 10.3. The molecule has 1 aliphatic carbocycles.